The Labute approximate surface area is 144 Å². The number of nitrogens with zero attached hydrogens (tertiary/aromatic N) is 2. The number of fused-ring (bicyclic) bond motifs is 1. The van der Waals surface area contributed by atoms with Crippen molar-refractivity contribution in [2.45, 2.75) is 25.8 Å². The van der Waals surface area contributed by atoms with Crippen LogP contribution >= 0.6 is 11.3 Å². The first-order valence-electron chi connectivity index (χ1n) is 7.72. The van der Waals surface area contributed by atoms with Gasteiger partial charge in [-0.25, -0.2) is 0 Å². The molecule has 0 saturated heterocycles. The van der Waals surface area contributed by atoms with Crippen LogP contribution in [0.3, 0.4) is 0 Å². The minimum Gasteiger partial charge on any atom is -0.335 e. The molecule has 6 heteroatoms. The van der Waals surface area contributed by atoms with Gasteiger partial charge in [0.15, 0.2) is 0 Å². The van der Waals surface area contributed by atoms with E-state index in [0.29, 0.717) is 17.1 Å². The number of thiophene rings is 1. The lowest BCUT2D eigenvalue weighted by atomic mass is 9.90. The van der Waals surface area contributed by atoms with Crippen LogP contribution in [0.2, 0.25) is 0 Å². The fourth-order valence-corrected chi connectivity index (χ4v) is 3.85. The highest BCUT2D eigenvalue weighted by Gasteiger charge is 2.30. The van der Waals surface area contributed by atoms with Crippen molar-refractivity contribution in [3.63, 3.8) is 0 Å². The van der Waals surface area contributed by atoms with Gasteiger partial charge in [-0.3, -0.25) is 9.59 Å². The van der Waals surface area contributed by atoms with E-state index in [0.717, 1.165) is 12.0 Å². The molecule has 3 rings (SSSR count). The molecule has 1 aliphatic rings. The SMILES string of the molecule is CC(=O)N1CCc2ccccc2[C@H]1CC(=O)Nc1sccc1C#N. The summed E-state index contributed by atoms with van der Waals surface area (Å²) in [4.78, 5) is 26.2. The van der Waals surface area contributed by atoms with Gasteiger partial charge in [0.2, 0.25) is 11.8 Å². The second-order valence-corrected chi connectivity index (χ2v) is 6.62. The Morgan fingerprint density at radius 1 is 1.38 bits per heavy atom. The maximum atomic E-state index is 12.5. The summed E-state index contributed by atoms with van der Waals surface area (Å²) >= 11 is 1.32. The molecule has 0 spiro atoms. The molecule has 0 radical (unpaired) electrons. The highest BCUT2D eigenvalue weighted by atomic mass is 32.1. The average molecular weight is 339 g/mol. The van der Waals surface area contributed by atoms with E-state index in [4.69, 9.17) is 5.26 Å². The second-order valence-electron chi connectivity index (χ2n) is 5.70. The largest absolute Gasteiger partial charge is 0.335 e. The molecular formula is C18H17N3O2S. The number of amides is 2. The van der Waals surface area contributed by atoms with E-state index in [2.05, 4.69) is 11.4 Å². The molecular weight excluding hydrogens is 322 g/mol. The zero-order valence-corrected chi connectivity index (χ0v) is 14.1. The molecule has 24 heavy (non-hydrogen) atoms. The van der Waals surface area contributed by atoms with E-state index in [1.165, 1.54) is 23.8 Å². The lowest BCUT2D eigenvalue weighted by Gasteiger charge is -2.36. The summed E-state index contributed by atoms with van der Waals surface area (Å²) in [6.45, 7) is 2.15. The summed E-state index contributed by atoms with van der Waals surface area (Å²) in [6, 6.07) is 11.4. The van der Waals surface area contributed by atoms with Crippen molar-refractivity contribution >= 4 is 28.2 Å². The van der Waals surface area contributed by atoms with Crippen molar-refractivity contribution in [2.75, 3.05) is 11.9 Å². The zero-order chi connectivity index (χ0) is 17.1. The molecule has 1 atom stereocenters. The third-order valence-corrected chi connectivity index (χ3v) is 5.06. The van der Waals surface area contributed by atoms with Gasteiger partial charge < -0.3 is 10.2 Å². The summed E-state index contributed by atoms with van der Waals surface area (Å²) in [5.74, 6) is -0.224. The van der Waals surface area contributed by atoms with Crippen molar-refractivity contribution < 1.29 is 9.59 Å². The van der Waals surface area contributed by atoms with Crippen LogP contribution in [0.4, 0.5) is 5.00 Å². The minimum absolute atomic E-state index is 0.0314. The molecule has 0 unspecified atom stereocenters. The molecule has 1 N–H and O–H groups in total. The third kappa shape index (κ3) is 3.17. The van der Waals surface area contributed by atoms with Gasteiger partial charge in [-0.2, -0.15) is 5.26 Å². The molecule has 2 amide bonds. The van der Waals surface area contributed by atoms with Crippen LogP contribution in [0.1, 0.15) is 36.1 Å². The average Bonchev–Trinajstić information content (AvgIpc) is 3.01. The number of rotatable bonds is 3. The zero-order valence-electron chi connectivity index (χ0n) is 13.3. The van der Waals surface area contributed by atoms with E-state index in [1.807, 2.05) is 24.3 Å². The Morgan fingerprint density at radius 2 is 2.17 bits per heavy atom. The fourth-order valence-electron chi connectivity index (χ4n) is 3.10. The van der Waals surface area contributed by atoms with E-state index in [-0.39, 0.29) is 24.3 Å². The first-order valence-corrected chi connectivity index (χ1v) is 8.60. The summed E-state index contributed by atoms with van der Waals surface area (Å²) in [6.07, 6.45) is 0.983. The molecule has 122 valence electrons. The molecule has 0 saturated carbocycles. The normalized spacial score (nSPS) is 16.2. The maximum absolute atomic E-state index is 12.5. The summed E-state index contributed by atoms with van der Waals surface area (Å²) in [5.41, 5.74) is 2.67. The minimum atomic E-state index is -0.266. The van der Waals surface area contributed by atoms with E-state index in [1.54, 1.807) is 16.3 Å². The van der Waals surface area contributed by atoms with Crippen LogP contribution in [-0.2, 0) is 16.0 Å². The number of carbonyl (C=O) groups is 2. The third-order valence-electron chi connectivity index (χ3n) is 4.23. The smallest absolute Gasteiger partial charge is 0.227 e. The van der Waals surface area contributed by atoms with Gasteiger partial charge in [-0.15, -0.1) is 11.3 Å². The summed E-state index contributed by atoms with van der Waals surface area (Å²) in [7, 11) is 0. The summed E-state index contributed by atoms with van der Waals surface area (Å²) < 4.78 is 0. The topological polar surface area (TPSA) is 73.2 Å². The fraction of sp³-hybridized carbons (Fsp3) is 0.278. The Bertz CT molecular complexity index is 822. The van der Waals surface area contributed by atoms with Crippen molar-refractivity contribution in [1.82, 2.24) is 4.90 Å². The Morgan fingerprint density at radius 3 is 2.92 bits per heavy atom. The Hall–Kier alpha value is -2.65. The van der Waals surface area contributed by atoms with Gasteiger partial charge in [-0.1, -0.05) is 24.3 Å². The highest BCUT2D eigenvalue weighted by molar-refractivity contribution is 7.14. The molecule has 1 aliphatic heterocycles. The van der Waals surface area contributed by atoms with Crippen LogP contribution in [0.15, 0.2) is 35.7 Å². The number of nitriles is 1. The van der Waals surface area contributed by atoms with Gasteiger partial charge in [0, 0.05) is 13.5 Å². The van der Waals surface area contributed by atoms with Gasteiger partial charge in [0.25, 0.3) is 0 Å². The number of anilines is 1. The predicted octanol–water partition coefficient (Wildman–Crippen LogP) is 3.09. The van der Waals surface area contributed by atoms with Gasteiger partial charge in [-0.05, 0) is 29.0 Å². The van der Waals surface area contributed by atoms with Crippen molar-refractivity contribution in [2.24, 2.45) is 0 Å². The number of benzene rings is 1. The first kappa shape index (κ1) is 16.2. The van der Waals surface area contributed by atoms with E-state index in [9.17, 15) is 9.59 Å². The van der Waals surface area contributed by atoms with Crippen LogP contribution < -0.4 is 5.32 Å². The predicted molar refractivity (Wildman–Crippen MR) is 92.6 cm³/mol. The number of hydrogen-bond donors (Lipinski definition) is 1. The monoisotopic (exact) mass is 339 g/mol. The number of nitrogens with one attached hydrogen (secondary N) is 1. The van der Waals surface area contributed by atoms with Crippen molar-refractivity contribution in [3.05, 3.63) is 52.4 Å². The molecule has 2 aromatic rings. The van der Waals surface area contributed by atoms with Crippen LogP contribution in [0, 0.1) is 11.3 Å². The highest BCUT2D eigenvalue weighted by Crippen LogP contribution is 2.33. The number of hydrogen-bond acceptors (Lipinski definition) is 4. The second kappa shape index (κ2) is 6.85. The van der Waals surface area contributed by atoms with Crippen LogP contribution in [0.25, 0.3) is 0 Å². The quantitative estimate of drug-likeness (QED) is 0.934. The number of carbonyl (C=O) groups excluding carboxylic acids is 2. The molecule has 1 aromatic heterocycles. The maximum Gasteiger partial charge on any atom is 0.227 e. The van der Waals surface area contributed by atoms with Crippen molar-refractivity contribution in [3.8, 4) is 6.07 Å². The van der Waals surface area contributed by atoms with Gasteiger partial charge in [0.1, 0.15) is 11.1 Å². The van der Waals surface area contributed by atoms with Crippen LogP contribution in [-0.4, -0.2) is 23.3 Å². The molecule has 0 aliphatic carbocycles. The standard InChI is InChI=1S/C18H17N3O2S/c1-12(22)21-8-6-13-4-2-3-5-15(13)16(21)10-17(23)20-18-14(11-19)7-9-24-18/h2-5,7,9,16H,6,8,10H2,1H3,(H,20,23)/t16-/m1/s1. The molecule has 2 heterocycles. The van der Waals surface area contributed by atoms with Gasteiger partial charge >= 0.3 is 0 Å². The van der Waals surface area contributed by atoms with E-state index < -0.39 is 0 Å². The molecule has 1 aromatic carbocycles. The lowest BCUT2D eigenvalue weighted by Crippen LogP contribution is -2.40. The Balaban J connectivity index is 1.82. The lowest BCUT2D eigenvalue weighted by molar-refractivity contribution is -0.132. The first-order chi connectivity index (χ1) is 11.6. The van der Waals surface area contributed by atoms with Crippen LogP contribution in [0.5, 0.6) is 0 Å². The van der Waals surface area contributed by atoms with E-state index >= 15 is 0 Å². The van der Waals surface area contributed by atoms with Crippen molar-refractivity contribution in [1.29, 1.82) is 5.26 Å². The molecule has 0 bridgehead atoms. The Kier molecular flexibility index (Phi) is 4.63. The summed E-state index contributed by atoms with van der Waals surface area (Å²) in [5, 5.41) is 14.2. The molecule has 5 nitrogen and oxygen atoms in total. The van der Waals surface area contributed by atoms with Gasteiger partial charge in [0.05, 0.1) is 18.0 Å². The molecule has 0 fully saturated rings.